The monoisotopic (exact) mass is 250 g/mol. The van der Waals surface area contributed by atoms with Crippen LogP contribution in [0.5, 0.6) is 0 Å². The van der Waals surface area contributed by atoms with Crippen LogP contribution in [0, 0.1) is 5.92 Å². The van der Waals surface area contributed by atoms with Crippen LogP contribution in [0.15, 0.2) is 24.0 Å². The molecule has 2 rings (SSSR count). The van der Waals surface area contributed by atoms with Crippen molar-refractivity contribution in [2.24, 2.45) is 5.92 Å². The van der Waals surface area contributed by atoms with Crippen molar-refractivity contribution >= 4 is 11.6 Å². The van der Waals surface area contributed by atoms with Gasteiger partial charge in [0, 0.05) is 23.8 Å². The minimum Gasteiger partial charge on any atom is -0.241 e. The van der Waals surface area contributed by atoms with Crippen molar-refractivity contribution in [3.8, 4) is 0 Å². The zero-order chi connectivity index (χ0) is 12.1. The highest BCUT2D eigenvalue weighted by Gasteiger charge is 2.22. The van der Waals surface area contributed by atoms with Crippen LogP contribution in [-0.4, -0.2) is 9.97 Å². The predicted octanol–water partition coefficient (Wildman–Crippen LogP) is 4.07. The second kappa shape index (κ2) is 6.15. The van der Waals surface area contributed by atoms with Crippen LogP contribution in [0.25, 0.3) is 0 Å². The molecule has 2 nitrogen and oxygen atoms in total. The van der Waals surface area contributed by atoms with Gasteiger partial charge in [0.1, 0.15) is 5.82 Å². The van der Waals surface area contributed by atoms with E-state index >= 15 is 0 Å². The van der Waals surface area contributed by atoms with Gasteiger partial charge in [0.25, 0.3) is 0 Å². The Morgan fingerprint density at radius 1 is 1.24 bits per heavy atom. The average Bonchev–Trinajstić information content (AvgIpc) is 2.40. The lowest BCUT2D eigenvalue weighted by Crippen LogP contribution is -2.14. The van der Waals surface area contributed by atoms with Crippen molar-refractivity contribution in [3.05, 3.63) is 35.4 Å². The third-order valence-corrected chi connectivity index (χ3v) is 3.76. The van der Waals surface area contributed by atoms with Crippen LogP contribution < -0.4 is 0 Å². The summed E-state index contributed by atoms with van der Waals surface area (Å²) >= 11 is 5.62. The molecular formula is C14H19ClN2. The molecule has 0 N–H and O–H groups in total. The van der Waals surface area contributed by atoms with Crippen LogP contribution in [0.2, 0.25) is 0 Å². The molecule has 17 heavy (non-hydrogen) atoms. The summed E-state index contributed by atoms with van der Waals surface area (Å²) in [5, 5.41) is 0. The third-order valence-electron chi connectivity index (χ3n) is 3.62. The lowest BCUT2D eigenvalue weighted by Gasteiger charge is -2.25. The maximum absolute atomic E-state index is 5.62. The summed E-state index contributed by atoms with van der Waals surface area (Å²) in [6, 6.07) is 0. The summed E-state index contributed by atoms with van der Waals surface area (Å²) in [6.07, 6.45) is 11.8. The van der Waals surface area contributed by atoms with Gasteiger partial charge in [0.2, 0.25) is 0 Å². The molecular weight excluding hydrogens is 232 g/mol. The molecule has 1 aromatic heterocycles. The number of aryl methyl sites for hydroxylation is 1. The molecule has 0 spiro atoms. The van der Waals surface area contributed by atoms with Crippen molar-refractivity contribution < 1.29 is 0 Å². The van der Waals surface area contributed by atoms with Crippen molar-refractivity contribution in [2.75, 3.05) is 0 Å². The van der Waals surface area contributed by atoms with Gasteiger partial charge in [0.15, 0.2) is 0 Å². The van der Waals surface area contributed by atoms with Crippen LogP contribution in [-0.2, 0) is 6.42 Å². The summed E-state index contributed by atoms with van der Waals surface area (Å²) in [6.45, 7) is 2.13. The first-order chi connectivity index (χ1) is 8.33. The van der Waals surface area contributed by atoms with E-state index in [1.54, 1.807) is 5.54 Å². The fraction of sp³-hybridized carbons (Fsp3) is 0.571. The van der Waals surface area contributed by atoms with Crippen molar-refractivity contribution in [1.29, 1.82) is 0 Å². The highest BCUT2D eigenvalue weighted by Crippen LogP contribution is 2.34. The Morgan fingerprint density at radius 2 is 1.88 bits per heavy atom. The van der Waals surface area contributed by atoms with E-state index in [-0.39, 0.29) is 0 Å². The second-order valence-electron chi connectivity index (χ2n) is 4.73. The molecule has 1 aromatic rings. The number of rotatable bonds is 3. The first-order valence-corrected chi connectivity index (χ1v) is 6.84. The van der Waals surface area contributed by atoms with E-state index in [0.29, 0.717) is 11.8 Å². The van der Waals surface area contributed by atoms with Gasteiger partial charge >= 0.3 is 0 Å². The maximum atomic E-state index is 5.62. The zero-order valence-corrected chi connectivity index (χ0v) is 11.0. The number of halogens is 1. The van der Waals surface area contributed by atoms with Gasteiger partial charge in [-0.15, -0.1) is 0 Å². The Bertz CT molecular complexity index is 364. The standard InChI is InChI=1S/C14H19ClN2/c1-2-11-9-16-14(17-10-11)13-5-3-12(4-6-13)7-8-15/h7-10,12-13H,2-6H2,1H3. The quantitative estimate of drug-likeness (QED) is 0.808. The Hall–Kier alpha value is -0.890. The number of nitrogens with zero attached hydrogens (tertiary/aromatic N) is 2. The van der Waals surface area contributed by atoms with Crippen molar-refractivity contribution in [3.63, 3.8) is 0 Å². The van der Waals surface area contributed by atoms with Crippen molar-refractivity contribution in [2.45, 2.75) is 44.9 Å². The summed E-state index contributed by atoms with van der Waals surface area (Å²) in [7, 11) is 0. The molecule has 1 aliphatic carbocycles. The summed E-state index contributed by atoms with van der Waals surface area (Å²) in [4.78, 5) is 8.98. The predicted molar refractivity (Wildman–Crippen MR) is 71.1 cm³/mol. The van der Waals surface area contributed by atoms with Crippen LogP contribution in [0.1, 0.15) is 49.9 Å². The van der Waals surface area contributed by atoms with Gasteiger partial charge in [0.05, 0.1) is 0 Å². The van der Waals surface area contributed by atoms with E-state index in [0.717, 1.165) is 12.2 Å². The normalized spacial score (nSPS) is 25.3. The maximum Gasteiger partial charge on any atom is 0.131 e. The largest absolute Gasteiger partial charge is 0.241 e. The van der Waals surface area contributed by atoms with Gasteiger partial charge in [-0.1, -0.05) is 24.6 Å². The van der Waals surface area contributed by atoms with E-state index in [9.17, 15) is 0 Å². The molecule has 1 saturated carbocycles. The molecule has 92 valence electrons. The number of hydrogen-bond donors (Lipinski definition) is 0. The molecule has 1 heterocycles. The first-order valence-electron chi connectivity index (χ1n) is 6.41. The summed E-state index contributed by atoms with van der Waals surface area (Å²) in [5.74, 6) is 2.22. The number of aromatic nitrogens is 2. The van der Waals surface area contributed by atoms with E-state index < -0.39 is 0 Å². The van der Waals surface area contributed by atoms with Crippen LogP contribution >= 0.6 is 11.6 Å². The third kappa shape index (κ3) is 3.29. The first kappa shape index (κ1) is 12.6. The van der Waals surface area contributed by atoms with Gasteiger partial charge < -0.3 is 0 Å². The summed E-state index contributed by atoms with van der Waals surface area (Å²) < 4.78 is 0. The second-order valence-corrected chi connectivity index (χ2v) is 4.99. The molecule has 0 atom stereocenters. The molecule has 0 saturated heterocycles. The Balaban J connectivity index is 1.95. The lowest BCUT2D eigenvalue weighted by molar-refractivity contribution is 0.366. The fourth-order valence-corrected chi connectivity index (χ4v) is 2.64. The van der Waals surface area contributed by atoms with Crippen LogP contribution in [0.3, 0.4) is 0 Å². The molecule has 0 aromatic carbocycles. The Kier molecular flexibility index (Phi) is 4.55. The molecule has 1 aliphatic rings. The molecule has 0 unspecified atom stereocenters. The molecule has 0 amide bonds. The van der Waals surface area contributed by atoms with Crippen molar-refractivity contribution in [1.82, 2.24) is 9.97 Å². The Morgan fingerprint density at radius 3 is 2.41 bits per heavy atom. The van der Waals surface area contributed by atoms with E-state index in [2.05, 4.69) is 23.0 Å². The zero-order valence-electron chi connectivity index (χ0n) is 10.3. The number of hydrogen-bond acceptors (Lipinski definition) is 2. The highest BCUT2D eigenvalue weighted by molar-refractivity contribution is 6.25. The summed E-state index contributed by atoms with van der Waals surface area (Å²) in [5.41, 5.74) is 2.87. The van der Waals surface area contributed by atoms with Gasteiger partial charge in [-0.25, -0.2) is 9.97 Å². The van der Waals surface area contributed by atoms with E-state index in [4.69, 9.17) is 11.6 Å². The molecule has 1 fully saturated rings. The van der Waals surface area contributed by atoms with Gasteiger partial charge in [-0.05, 0) is 43.6 Å². The Labute approximate surface area is 108 Å². The van der Waals surface area contributed by atoms with Gasteiger partial charge in [-0.2, -0.15) is 0 Å². The van der Waals surface area contributed by atoms with Crippen LogP contribution in [0.4, 0.5) is 0 Å². The fourth-order valence-electron chi connectivity index (χ4n) is 2.43. The molecule has 0 bridgehead atoms. The highest BCUT2D eigenvalue weighted by atomic mass is 35.5. The molecule has 3 heteroatoms. The lowest BCUT2D eigenvalue weighted by atomic mass is 9.81. The molecule has 0 radical (unpaired) electrons. The van der Waals surface area contributed by atoms with E-state index in [1.807, 2.05) is 12.4 Å². The smallest absolute Gasteiger partial charge is 0.131 e. The van der Waals surface area contributed by atoms with Gasteiger partial charge in [-0.3, -0.25) is 0 Å². The minimum absolute atomic E-state index is 0.542. The minimum atomic E-state index is 0.542. The number of allylic oxidation sites excluding steroid dienone is 1. The van der Waals surface area contributed by atoms with E-state index in [1.165, 1.54) is 31.2 Å². The molecule has 0 aliphatic heterocycles. The SMILES string of the molecule is CCc1cnc(C2CCC(C=CCl)CC2)nc1. The topological polar surface area (TPSA) is 25.8 Å². The average molecular weight is 251 g/mol.